The van der Waals surface area contributed by atoms with Crippen LogP contribution < -0.4 is 5.32 Å². The molecule has 1 aliphatic rings. The van der Waals surface area contributed by atoms with Gasteiger partial charge in [-0.15, -0.1) is 0 Å². The monoisotopic (exact) mass is 318 g/mol. The van der Waals surface area contributed by atoms with Gasteiger partial charge in [0.15, 0.2) is 0 Å². The zero-order chi connectivity index (χ0) is 16.5. The minimum atomic E-state index is -0.418. The number of benzene rings is 2. The number of hydrogen-bond donors (Lipinski definition) is 1. The molecule has 0 amide bonds. The van der Waals surface area contributed by atoms with Gasteiger partial charge in [-0.05, 0) is 71.0 Å². The number of halogens is 1. The van der Waals surface area contributed by atoms with Gasteiger partial charge in [0.25, 0.3) is 0 Å². The Bertz CT molecular complexity index is 902. The molecule has 2 nitrogen and oxygen atoms in total. The molecular weight excluding hydrogens is 299 g/mol. The van der Waals surface area contributed by atoms with Crippen molar-refractivity contribution >= 4 is 0 Å². The molecule has 120 valence electrons. The van der Waals surface area contributed by atoms with Crippen LogP contribution in [-0.4, -0.2) is 12.0 Å². The van der Waals surface area contributed by atoms with E-state index in [1.807, 2.05) is 13.1 Å². The third kappa shape index (κ3) is 2.61. The van der Waals surface area contributed by atoms with E-state index in [2.05, 4.69) is 46.7 Å². The van der Waals surface area contributed by atoms with Gasteiger partial charge in [0.05, 0.1) is 0 Å². The molecule has 0 fully saturated rings. The van der Waals surface area contributed by atoms with Gasteiger partial charge in [0, 0.05) is 12.7 Å². The van der Waals surface area contributed by atoms with E-state index in [1.165, 1.54) is 39.4 Å². The third-order valence-electron chi connectivity index (χ3n) is 4.74. The summed E-state index contributed by atoms with van der Waals surface area (Å²) in [4.78, 5) is 3.67. The van der Waals surface area contributed by atoms with E-state index >= 15 is 0 Å². The van der Waals surface area contributed by atoms with Gasteiger partial charge in [0.2, 0.25) is 5.95 Å². The highest BCUT2D eigenvalue weighted by Gasteiger charge is 2.22. The van der Waals surface area contributed by atoms with E-state index in [0.717, 1.165) is 24.9 Å². The predicted octanol–water partition coefficient (Wildman–Crippen LogP) is 4.10. The van der Waals surface area contributed by atoms with Crippen LogP contribution >= 0.6 is 0 Å². The van der Waals surface area contributed by atoms with Gasteiger partial charge < -0.3 is 5.32 Å². The highest BCUT2D eigenvalue weighted by atomic mass is 19.1. The molecule has 0 spiro atoms. The second-order valence-electron chi connectivity index (χ2n) is 6.26. The number of nitrogens with one attached hydrogen (secondary N) is 1. The van der Waals surface area contributed by atoms with E-state index in [-0.39, 0.29) is 0 Å². The van der Waals surface area contributed by atoms with Crippen molar-refractivity contribution in [2.24, 2.45) is 0 Å². The van der Waals surface area contributed by atoms with Gasteiger partial charge in [-0.3, -0.25) is 0 Å². The predicted molar refractivity (Wildman–Crippen MR) is 94.4 cm³/mol. The van der Waals surface area contributed by atoms with Crippen molar-refractivity contribution in [1.82, 2.24) is 10.3 Å². The molecule has 0 radical (unpaired) electrons. The van der Waals surface area contributed by atoms with Crippen LogP contribution in [0.15, 0.2) is 54.7 Å². The first-order chi connectivity index (χ1) is 11.8. The number of aromatic nitrogens is 1. The largest absolute Gasteiger partial charge is 0.316 e. The molecule has 0 atom stereocenters. The van der Waals surface area contributed by atoms with Crippen LogP contribution in [-0.2, 0) is 19.4 Å². The average Bonchev–Trinajstić information content (AvgIpc) is 2.96. The molecule has 0 aliphatic heterocycles. The number of fused-ring (bicyclic) bond motifs is 3. The van der Waals surface area contributed by atoms with Gasteiger partial charge in [-0.25, -0.2) is 4.98 Å². The molecule has 1 N–H and O–H groups in total. The molecule has 24 heavy (non-hydrogen) atoms. The first kappa shape index (κ1) is 15.0. The summed E-state index contributed by atoms with van der Waals surface area (Å²) < 4.78 is 13.5. The van der Waals surface area contributed by atoms with E-state index in [0.29, 0.717) is 0 Å². The summed E-state index contributed by atoms with van der Waals surface area (Å²) in [6.45, 7) is 0.812. The summed E-state index contributed by atoms with van der Waals surface area (Å²) in [5.74, 6) is -0.418. The molecule has 3 aromatic rings. The zero-order valence-electron chi connectivity index (χ0n) is 13.6. The first-order valence-corrected chi connectivity index (χ1v) is 8.23. The molecular formula is C21H19FN2. The number of rotatable bonds is 4. The lowest BCUT2D eigenvalue weighted by molar-refractivity contribution is 0.581. The topological polar surface area (TPSA) is 24.9 Å². The molecule has 0 saturated heterocycles. The Morgan fingerprint density at radius 1 is 1.08 bits per heavy atom. The van der Waals surface area contributed by atoms with Crippen molar-refractivity contribution in [3.63, 3.8) is 0 Å². The Morgan fingerprint density at radius 2 is 1.96 bits per heavy atom. The second kappa shape index (κ2) is 6.17. The van der Waals surface area contributed by atoms with Crippen molar-refractivity contribution in [2.75, 3.05) is 7.05 Å². The molecule has 0 bridgehead atoms. The fraction of sp³-hybridized carbons (Fsp3) is 0.190. The lowest BCUT2D eigenvalue weighted by Crippen LogP contribution is -2.10. The maximum atomic E-state index is 13.5. The summed E-state index contributed by atoms with van der Waals surface area (Å²) >= 11 is 0. The molecule has 0 unspecified atom stereocenters. The quantitative estimate of drug-likeness (QED) is 0.573. The van der Waals surface area contributed by atoms with E-state index in [1.54, 1.807) is 6.20 Å². The fourth-order valence-corrected chi connectivity index (χ4v) is 3.66. The molecule has 1 heterocycles. The normalized spacial score (nSPS) is 12.1. The lowest BCUT2D eigenvalue weighted by atomic mass is 9.91. The highest BCUT2D eigenvalue weighted by Crippen LogP contribution is 2.40. The van der Waals surface area contributed by atoms with Crippen LogP contribution in [0.2, 0.25) is 0 Å². The Morgan fingerprint density at radius 3 is 2.79 bits per heavy atom. The maximum absolute atomic E-state index is 13.5. The van der Waals surface area contributed by atoms with Crippen molar-refractivity contribution in [3.05, 3.63) is 88.5 Å². The van der Waals surface area contributed by atoms with Gasteiger partial charge in [0.1, 0.15) is 0 Å². The first-order valence-electron chi connectivity index (χ1n) is 8.23. The third-order valence-corrected chi connectivity index (χ3v) is 4.74. The number of nitrogens with zero attached hydrogens (tertiary/aromatic N) is 1. The Labute approximate surface area is 141 Å². The van der Waals surface area contributed by atoms with E-state index < -0.39 is 5.95 Å². The van der Waals surface area contributed by atoms with E-state index in [4.69, 9.17) is 0 Å². The molecule has 4 rings (SSSR count). The number of pyridine rings is 1. The van der Waals surface area contributed by atoms with Crippen LogP contribution in [0.3, 0.4) is 0 Å². The van der Waals surface area contributed by atoms with Crippen LogP contribution in [0.5, 0.6) is 0 Å². The van der Waals surface area contributed by atoms with Crippen molar-refractivity contribution in [3.8, 4) is 11.1 Å². The van der Waals surface area contributed by atoms with Gasteiger partial charge in [-0.2, -0.15) is 4.39 Å². The minimum absolute atomic E-state index is 0.418. The standard InChI is InChI=1S/C21H19FN2/c1-23-13-16-6-7-18-17-5-3-2-4-15(17)12-20(18)19(16)10-14-8-9-24-21(22)11-14/h2-9,11,23H,10,12-13H2,1H3. The smallest absolute Gasteiger partial charge is 0.213 e. The lowest BCUT2D eigenvalue weighted by Gasteiger charge is -2.15. The summed E-state index contributed by atoms with van der Waals surface area (Å²) in [6, 6.07) is 16.4. The summed E-state index contributed by atoms with van der Waals surface area (Å²) in [7, 11) is 1.96. The molecule has 2 aromatic carbocycles. The van der Waals surface area contributed by atoms with Crippen LogP contribution in [0.4, 0.5) is 4.39 Å². The molecule has 1 aromatic heterocycles. The van der Waals surface area contributed by atoms with Crippen LogP contribution in [0.1, 0.15) is 27.8 Å². The SMILES string of the molecule is CNCc1ccc2c(c1Cc1ccnc(F)c1)Cc1ccccc1-2. The van der Waals surface area contributed by atoms with Crippen LogP contribution in [0.25, 0.3) is 11.1 Å². The Kier molecular flexibility index (Phi) is 3.87. The highest BCUT2D eigenvalue weighted by molar-refractivity contribution is 5.78. The molecule has 0 saturated carbocycles. The number of hydrogen-bond acceptors (Lipinski definition) is 2. The second-order valence-corrected chi connectivity index (χ2v) is 6.26. The summed E-state index contributed by atoms with van der Waals surface area (Å²) in [5.41, 5.74) is 8.94. The summed E-state index contributed by atoms with van der Waals surface area (Å²) in [5, 5.41) is 3.25. The molecule has 1 aliphatic carbocycles. The van der Waals surface area contributed by atoms with Crippen molar-refractivity contribution in [1.29, 1.82) is 0 Å². The summed E-state index contributed by atoms with van der Waals surface area (Å²) in [6.07, 6.45) is 3.22. The van der Waals surface area contributed by atoms with E-state index in [9.17, 15) is 4.39 Å². The van der Waals surface area contributed by atoms with Crippen molar-refractivity contribution in [2.45, 2.75) is 19.4 Å². The minimum Gasteiger partial charge on any atom is -0.316 e. The van der Waals surface area contributed by atoms with Crippen LogP contribution in [0, 0.1) is 5.95 Å². The Balaban J connectivity index is 1.82. The molecule has 3 heteroatoms. The zero-order valence-corrected chi connectivity index (χ0v) is 13.6. The van der Waals surface area contributed by atoms with Gasteiger partial charge in [-0.1, -0.05) is 36.4 Å². The van der Waals surface area contributed by atoms with Gasteiger partial charge >= 0.3 is 0 Å². The van der Waals surface area contributed by atoms with Crippen molar-refractivity contribution < 1.29 is 4.39 Å². The average molecular weight is 318 g/mol. The fourth-order valence-electron chi connectivity index (χ4n) is 3.66. The maximum Gasteiger partial charge on any atom is 0.213 e. The Hall–Kier alpha value is -2.52.